The Bertz CT molecular complexity index is 985. The lowest BCUT2D eigenvalue weighted by molar-refractivity contribution is 0.463. The summed E-state index contributed by atoms with van der Waals surface area (Å²) in [5, 5.41) is 13.2. The molecule has 0 saturated heterocycles. The molecule has 0 amide bonds. The molecule has 8 nitrogen and oxygen atoms in total. The Balaban J connectivity index is 1.49. The van der Waals surface area contributed by atoms with E-state index in [2.05, 4.69) is 50.5 Å². The summed E-state index contributed by atoms with van der Waals surface area (Å²) in [6.45, 7) is 2.79. The Labute approximate surface area is 185 Å². The van der Waals surface area contributed by atoms with E-state index in [0.29, 0.717) is 29.0 Å². The first-order valence-corrected chi connectivity index (χ1v) is 11.7. The number of anilines is 1. The third-order valence-corrected chi connectivity index (χ3v) is 6.30. The van der Waals surface area contributed by atoms with Crippen LogP contribution in [-0.2, 0) is 6.54 Å². The minimum absolute atomic E-state index is 0.364. The number of hydrazine groups is 1. The summed E-state index contributed by atoms with van der Waals surface area (Å²) in [7, 11) is 0. The molecule has 1 aliphatic carbocycles. The summed E-state index contributed by atoms with van der Waals surface area (Å²) in [4.78, 5) is 9.40. The van der Waals surface area contributed by atoms with Crippen LogP contribution in [0.4, 0.5) is 5.82 Å². The number of nitrogens with one attached hydrogen (secondary N) is 3. The maximum atomic E-state index is 5.40. The van der Waals surface area contributed by atoms with Crippen molar-refractivity contribution in [2.24, 2.45) is 0 Å². The van der Waals surface area contributed by atoms with Gasteiger partial charge >= 0.3 is 0 Å². The zero-order valence-corrected chi connectivity index (χ0v) is 18.6. The van der Waals surface area contributed by atoms with E-state index >= 15 is 0 Å². The van der Waals surface area contributed by atoms with Crippen LogP contribution in [0.3, 0.4) is 0 Å². The smallest absolute Gasteiger partial charge is 0.191 e. The fourth-order valence-corrected chi connectivity index (χ4v) is 4.31. The molecule has 0 aliphatic heterocycles. The van der Waals surface area contributed by atoms with Crippen molar-refractivity contribution < 1.29 is 0 Å². The first kappa shape index (κ1) is 20.8. The second-order valence-electron chi connectivity index (χ2n) is 7.27. The van der Waals surface area contributed by atoms with Gasteiger partial charge in [0, 0.05) is 12.3 Å². The molecule has 10 heteroatoms. The molecule has 3 N–H and O–H groups in total. The first-order valence-electron chi connectivity index (χ1n) is 10.3. The Hall–Kier alpha value is -2.46. The van der Waals surface area contributed by atoms with Crippen LogP contribution in [0.1, 0.15) is 50.6 Å². The number of thioether (sulfide) groups is 1. The van der Waals surface area contributed by atoms with Crippen LogP contribution in [0.15, 0.2) is 35.5 Å². The zero-order valence-electron chi connectivity index (χ0n) is 17.0. The molecule has 1 saturated carbocycles. The molecule has 3 aromatic rings. The average molecular weight is 443 g/mol. The van der Waals surface area contributed by atoms with Crippen molar-refractivity contribution in [2.45, 2.75) is 56.8 Å². The van der Waals surface area contributed by atoms with Gasteiger partial charge in [-0.15, -0.1) is 5.10 Å². The molecule has 30 heavy (non-hydrogen) atoms. The lowest BCUT2D eigenvalue weighted by Gasteiger charge is -2.13. The van der Waals surface area contributed by atoms with Gasteiger partial charge in [-0.25, -0.2) is 14.6 Å². The first-order chi connectivity index (χ1) is 14.7. The van der Waals surface area contributed by atoms with Gasteiger partial charge < -0.3 is 5.32 Å². The number of hydrogen-bond acceptors (Lipinski definition) is 7. The number of hydrogen-bond donors (Lipinski definition) is 3. The number of benzene rings is 1. The van der Waals surface area contributed by atoms with Crippen LogP contribution in [0.25, 0.3) is 11.2 Å². The van der Waals surface area contributed by atoms with Crippen molar-refractivity contribution in [1.82, 2.24) is 35.7 Å². The summed E-state index contributed by atoms with van der Waals surface area (Å²) < 4.78 is 1.97. The maximum Gasteiger partial charge on any atom is 0.191 e. The molecule has 0 bridgehead atoms. The predicted molar refractivity (Wildman–Crippen MR) is 124 cm³/mol. The van der Waals surface area contributed by atoms with Gasteiger partial charge in [-0.1, -0.05) is 67.1 Å². The molecular formula is C20H26N8S2. The highest BCUT2D eigenvalue weighted by Gasteiger charge is 2.23. The summed E-state index contributed by atoms with van der Waals surface area (Å²) in [5.41, 5.74) is 8.72. The fraction of sp³-hybridized carbons (Fsp3) is 0.450. The zero-order chi connectivity index (χ0) is 20.8. The molecule has 0 radical (unpaired) electrons. The van der Waals surface area contributed by atoms with Crippen LogP contribution in [0, 0.1) is 0 Å². The van der Waals surface area contributed by atoms with Crippen molar-refractivity contribution >= 4 is 46.1 Å². The molecule has 1 fully saturated rings. The van der Waals surface area contributed by atoms with E-state index in [4.69, 9.17) is 17.2 Å². The maximum absolute atomic E-state index is 5.40. The van der Waals surface area contributed by atoms with Gasteiger partial charge in [0.2, 0.25) is 0 Å². The number of thiocarbonyl (C=S) groups is 1. The van der Waals surface area contributed by atoms with Gasteiger partial charge in [-0.3, -0.25) is 10.9 Å². The number of fused-ring (bicyclic) bond motifs is 1. The van der Waals surface area contributed by atoms with E-state index in [0.717, 1.165) is 41.4 Å². The van der Waals surface area contributed by atoms with Crippen LogP contribution in [-0.4, -0.2) is 35.8 Å². The van der Waals surface area contributed by atoms with Crippen LogP contribution < -0.4 is 16.2 Å². The largest absolute Gasteiger partial charge is 0.357 e. The Morgan fingerprint density at radius 3 is 2.77 bits per heavy atom. The third-order valence-electron chi connectivity index (χ3n) is 5.00. The fourth-order valence-electron chi connectivity index (χ4n) is 3.49. The molecule has 1 aliphatic rings. The van der Waals surface area contributed by atoms with Crippen LogP contribution in [0.5, 0.6) is 0 Å². The van der Waals surface area contributed by atoms with Gasteiger partial charge in [0.05, 0.1) is 6.04 Å². The SMILES string of the molecule is CCCSc1nc(NNC(=S)NCc2ccccc2)c2nnn(C3CCCC3)c2n1. The minimum atomic E-state index is 0.364. The highest BCUT2D eigenvalue weighted by Crippen LogP contribution is 2.32. The molecule has 1 aromatic carbocycles. The van der Waals surface area contributed by atoms with Gasteiger partial charge in [0.1, 0.15) is 0 Å². The van der Waals surface area contributed by atoms with Crippen molar-refractivity contribution in [2.75, 3.05) is 11.2 Å². The highest BCUT2D eigenvalue weighted by molar-refractivity contribution is 7.99. The van der Waals surface area contributed by atoms with Crippen molar-refractivity contribution in [3.63, 3.8) is 0 Å². The molecule has 4 rings (SSSR count). The average Bonchev–Trinajstić information content (AvgIpc) is 3.45. The Morgan fingerprint density at radius 2 is 2.00 bits per heavy atom. The highest BCUT2D eigenvalue weighted by atomic mass is 32.2. The third kappa shape index (κ3) is 4.99. The molecule has 2 heterocycles. The standard InChI is InChI=1S/C20H26N8S2/c1-2-12-30-20-22-17(25-26-19(29)21-13-14-8-4-3-5-9-14)16-18(23-20)28(27-24-16)15-10-6-7-11-15/h3-5,8-9,15H,2,6-7,10-13H2,1H3,(H2,21,26,29)(H,22,23,25). The minimum Gasteiger partial charge on any atom is -0.357 e. The van der Waals surface area contributed by atoms with E-state index in [9.17, 15) is 0 Å². The molecule has 158 valence electrons. The monoisotopic (exact) mass is 442 g/mol. The summed E-state index contributed by atoms with van der Waals surface area (Å²) in [6.07, 6.45) is 5.74. The summed E-state index contributed by atoms with van der Waals surface area (Å²) >= 11 is 7.03. The van der Waals surface area contributed by atoms with Crippen molar-refractivity contribution in [3.8, 4) is 0 Å². The lowest BCUT2D eigenvalue weighted by atomic mass is 10.2. The normalized spacial score (nSPS) is 14.2. The number of nitrogens with zero attached hydrogens (tertiary/aromatic N) is 5. The predicted octanol–water partition coefficient (Wildman–Crippen LogP) is 3.83. The number of rotatable bonds is 8. The van der Waals surface area contributed by atoms with Gasteiger partial charge in [0.25, 0.3) is 0 Å². The van der Waals surface area contributed by atoms with Crippen LogP contribution >= 0.6 is 24.0 Å². The Kier molecular flexibility index (Phi) is 6.96. The van der Waals surface area contributed by atoms with Crippen molar-refractivity contribution in [1.29, 1.82) is 0 Å². The molecule has 0 spiro atoms. The second-order valence-corrected chi connectivity index (χ2v) is 8.74. The quantitative estimate of drug-likeness (QED) is 0.208. The van der Waals surface area contributed by atoms with E-state index in [1.54, 1.807) is 11.8 Å². The van der Waals surface area contributed by atoms with Gasteiger partial charge in [-0.05, 0) is 37.0 Å². The van der Waals surface area contributed by atoms with E-state index in [-0.39, 0.29) is 0 Å². The molecule has 0 unspecified atom stereocenters. The lowest BCUT2D eigenvalue weighted by Crippen LogP contribution is -2.38. The van der Waals surface area contributed by atoms with Crippen LogP contribution in [0.2, 0.25) is 0 Å². The van der Waals surface area contributed by atoms with Gasteiger partial charge in [0.15, 0.2) is 27.3 Å². The molecular weight excluding hydrogens is 416 g/mol. The van der Waals surface area contributed by atoms with Crippen molar-refractivity contribution in [3.05, 3.63) is 35.9 Å². The number of aromatic nitrogens is 5. The topological polar surface area (TPSA) is 92.6 Å². The summed E-state index contributed by atoms with van der Waals surface area (Å²) in [5.74, 6) is 1.55. The second kappa shape index (κ2) is 10.0. The van der Waals surface area contributed by atoms with E-state index in [1.807, 2.05) is 22.9 Å². The van der Waals surface area contributed by atoms with E-state index < -0.39 is 0 Å². The molecule has 2 aromatic heterocycles. The molecule has 0 atom stereocenters. The van der Waals surface area contributed by atoms with Gasteiger partial charge in [-0.2, -0.15) is 0 Å². The van der Waals surface area contributed by atoms with E-state index in [1.165, 1.54) is 12.8 Å². The summed E-state index contributed by atoms with van der Waals surface area (Å²) in [6, 6.07) is 10.5. The Morgan fingerprint density at radius 1 is 1.20 bits per heavy atom.